The summed E-state index contributed by atoms with van der Waals surface area (Å²) in [6.07, 6.45) is 0. The van der Waals surface area contributed by atoms with Gasteiger partial charge < -0.3 is 5.32 Å². The number of para-hydroxylation sites is 1. The van der Waals surface area contributed by atoms with Gasteiger partial charge in [-0.2, -0.15) is 0 Å². The van der Waals surface area contributed by atoms with Crippen molar-refractivity contribution < 1.29 is 0 Å². The molecule has 112 valence electrons. The summed E-state index contributed by atoms with van der Waals surface area (Å²) in [7, 11) is 0. The van der Waals surface area contributed by atoms with Crippen LogP contribution in [0.1, 0.15) is 22.7 Å². The number of hydrogen-bond acceptors (Lipinski definition) is 1. The summed E-state index contributed by atoms with van der Waals surface area (Å²) < 4.78 is 0. The average Bonchev–Trinajstić information content (AvgIpc) is 2.61. The Bertz CT molecular complexity index is 793. The zero-order chi connectivity index (χ0) is 15.9. The molecule has 0 fully saturated rings. The third-order valence-corrected chi connectivity index (χ3v) is 3.63. The number of benzene rings is 3. The van der Waals surface area contributed by atoms with E-state index in [4.69, 9.17) is 0 Å². The molecule has 0 aliphatic carbocycles. The Balaban J connectivity index is 1.88. The highest BCUT2D eigenvalue weighted by Crippen LogP contribution is 2.19. The molecule has 0 unspecified atom stereocenters. The Hall–Kier alpha value is -2.98. The van der Waals surface area contributed by atoms with Gasteiger partial charge in [0.15, 0.2) is 0 Å². The maximum Gasteiger partial charge on any atom is 0.114 e. The molecule has 0 spiro atoms. The van der Waals surface area contributed by atoms with E-state index in [1.54, 1.807) is 0 Å². The lowest BCUT2D eigenvalue weighted by Crippen LogP contribution is -2.08. The first-order chi connectivity index (χ1) is 11.3. The maximum atomic E-state index is 3.50. The first kappa shape index (κ1) is 14.9. The third-order valence-electron chi connectivity index (χ3n) is 3.63. The molecule has 1 atom stereocenters. The molecule has 1 heteroatoms. The smallest absolute Gasteiger partial charge is 0.114 e. The van der Waals surface area contributed by atoms with Crippen molar-refractivity contribution in [1.29, 1.82) is 0 Å². The molecule has 1 N–H and O–H groups in total. The molecule has 0 heterocycles. The minimum atomic E-state index is -0.0418. The minimum Gasteiger partial charge on any atom is -0.368 e. The number of aryl methyl sites for hydroxylation is 1. The van der Waals surface area contributed by atoms with Gasteiger partial charge in [0, 0.05) is 11.3 Å². The minimum absolute atomic E-state index is 0.0418. The predicted octanol–water partition coefficient (Wildman–Crippen LogP) is 5.20. The standard InChI is InChI=1S/C22H19N/c1-18-12-14-19(15-13-18)16-17-22(20-8-4-2-5-9-20)23-21-10-6-3-7-11-21/h2-15,22-23H,1H3/t22-/m0/s1. The number of hydrogen-bond donors (Lipinski definition) is 1. The van der Waals surface area contributed by atoms with Gasteiger partial charge in [-0.05, 0) is 36.8 Å². The summed E-state index contributed by atoms with van der Waals surface area (Å²) in [6.45, 7) is 2.08. The molecule has 3 aromatic carbocycles. The topological polar surface area (TPSA) is 12.0 Å². The lowest BCUT2D eigenvalue weighted by Gasteiger charge is -2.15. The SMILES string of the molecule is Cc1ccc(C#C[C@H](Nc2ccccc2)c2ccccc2)cc1. The molecule has 23 heavy (non-hydrogen) atoms. The van der Waals surface area contributed by atoms with Crippen LogP contribution in [-0.4, -0.2) is 0 Å². The molecule has 3 aromatic rings. The Labute approximate surface area is 138 Å². The van der Waals surface area contributed by atoms with Gasteiger partial charge in [0.25, 0.3) is 0 Å². The fourth-order valence-corrected chi connectivity index (χ4v) is 2.34. The van der Waals surface area contributed by atoms with Gasteiger partial charge in [0.05, 0.1) is 0 Å². The molecule has 0 saturated carbocycles. The number of anilines is 1. The summed E-state index contributed by atoms with van der Waals surface area (Å²) in [5, 5.41) is 3.50. The molecule has 0 aliphatic rings. The highest BCUT2D eigenvalue weighted by Gasteiger charge is 2.07. The van der Waals surface area contributed by atoms with E-state index < -0.39 is 0 Å². The maximum absolute atomic E-state index is 3.50. The molecule has 0 radical (unpaired) electrons. The summed E-state index contributed by atoms with van der Waals surface area (Å²) in [4.78, 5) is 0. The summed E-state index contributed by atoms with van der Waals surface area (Å²) in [6, 6.07) is 28.8. The molecule has 0 saturated heterocycles. The molecular formula is C22H19N. The van der Waals surface area contributed by atoms with Crippen molar-refractivity contribution in [2.45, 2.75) is 13.0 Å². The zero-order valence-corrected chi connectivity index (χ0v) is 13.2. The van der Waals surface area contributed by atoms with E-state index in [1.807, 2.05) is 36.4 Å². The van der Waals surface area contributed by atoms with Crippen LogP contribution >= 0.6 is 0 Å². The van der Waals surface area contributed by atoms with E-state index in [2.05, 4.69) is 72.6 Å². The van der Waals surface area contributed by atoms with Gasteiger partial charge in [0.1, 0.15) is 6.04 Å². The van der Waals surface area contributed by atoms with Crippen molar-refractivity contribution in [3.05, 3.63) is 102 Å². The van der Waals surface area contributed by atoms with Crippen molar-refractivity contribution in [3.8, 4) is 11.8 Å². The lowest BCUT2D eigenvalue weighted by molar-refractivity contribution is 1.02. The van der Waals surface area contributed by atoms with Crippen LogP contribution in [0.5, 0.6) is 0 Å². The van der Waals surface area contributed by atoms with Crippen LogP contribution in [-0.2, 0) is 0 Å². The molecule has 0 aromatic heterocycles. The largest absolute Gasteiger partial charge is 0.368 e. The average molecular weight is 297 g/mol. The van der Waals surface area contributed by atoms with E-state index in [1.165, 1.54) is 5.56 Å². The fourth-order valence-electron chi connectivity index (χ4n) is 2.34. The molecule has 0 aliphatic heterocycles. The van der Waals surface area contributed by atoms with Gasteiger partial charge in [-0.15, -0.1) is 0 Å². The van der Waals surface area contributed by atoms with Crippen LogP contribution in [0, 0.1) is 18.8 Å². The van der Waals surface area contributed by atoms with Crippen molar-refractivity contribution in [2.75, 3.05) is 5.32 Å². The van der Waals surface area contributed by atoms with Crippen molar-refractivity contribution >= 4 is 5.69 Å². The van der Waals surface area contributed by atoms with Crippen LogP contribution < -0.4 is 5.32 Å². The van der Waals surface area contributed by atoms with Crippen molar-refractivity contribution in [1.82, 2.24) is 0 Å². The number of rotatable bonds is 3. The van der Waals surface area contributed by atoms with Gasteiger partial charge in [-0.3, -0.25) is 0 Å². The molecule has 0 bridgehead atoms. The van der Waals surface area contributed by atoms with E-state index in [0.717, 1.165) is 16.8 Å². The van der Waals surface area contributed by atoms with E-state index in [-0.39, 0.29) is 6.04 Å². The Morgan fingerprint density at radius 3 is 2.00 bits per heavy atom. The third kappa shape index (κ3) is 4.25. The van der Waals surface area contributed by atoms with E-state index in [0.29, 0.717) is 0 Å². The highest BCUT2D eigenvalue weighted by molar-refractivity contribution is 5.49. The van der Waals surface area contributed by atoms with E-state index >= 15 is 0 Å². The molecular weight excluding hydrogens is 278 g/mol. The van der Waals surface area contributed by atoms with Gasteiger partial charge in [-0.1, -0.05) is 78.1 Å². The van der Waals surface area contributed by atoms with Crippen LogP contribution in [0.4, 0.5) is 5.69 Å². The van der Waals surface area contributed by atoms with Crippen molar-refractivity contribution in [2.24, 2.45) is 0 Å². The Morgan fingerprint density at radius 2 is 1.35 bits per heavy atom. The Morgan fingerprint density at radius 1 is 0.739 bits per heavy atom. The van der Waals surface area contributed by atoms with Gasteiger partial charge in [-0.25, -0.2) is 0 Å². The van der Waals surface area contributed by atoms with Crippen molar-refractivity contribution in [3.63, 3.8) is 0 Å². The second-order valence-electron chi connectivity index (χ2n) is 5.49. The summed E-state index contributed by atoms with van der Waals surface area (Å²) >= 11 is 0. The van der Waals surface area contributed by atoms with Gasteiger partial charge in [0.2, 0.25) is 0 Å². The first-order valence-corrected chi connectivity index (χ1v) is 7.76. The molecule has 3 rings (SSSR count). The Kier molecular flexibility index (Phi) is 4.76. The van der Waals surface area contributed by atoms with Gasteiger partial charge >= 0.3 is 0 Å². The lowest BCUT2D eigenvalue weighted by atomic mass is 10.1. The first-order valence-electron chi connectivity index (χ1n) is 7.76. The highest BCUT2D eigenvalue weighted by atomic mass is 14.9. The number of nitrogens with one attached hydrogen (secondary N) is 1. The summed E-state index contributed by atoms with van der Waals surface area (Å²) in [5.41, 5.74) is 4.51. The van der Waals surface area contributed by atoms with Crippen LogP contribution in [0.2, 0.25) is 0 Å². The normalized spacial score (nSPS) is 11.2. The van der Waals surface area contributed by atoms with Crippen LogP contribution in [0.25, 0.3) is 0 Å². The summed E-state index contributed by atoms with van der Waals surface area (Å²) in [5.74, 6) is 6.64. The second-order valence-corrected chi connectivity index (χ2v) is 5.49. The second kappa shape index (κ2) is 7.33. The molecule has 0 amide bonds. The fraction of sp³-hybridized carbons (Fsp3) is 0.0909. The predicted molar refractivity (Wildman–Crippen MR) is 97.3 cm³/mol. The quantitative estimate of drug-likeness (QED) is 0.655. The molecule has 1 nitrogen and oxygen atoms in total. The van der Waals surface area contributed by atoms with Crippen LogP contribution in [0.15, 0.2) is 84.9 Å². The zero-order valence-electron chi connectivity index (χ0n) is 13.2. The van der Waals surface area contributed by atoms with Crippen LogP contribution in [0.3, 0.4) is 0 Å². The van der Waals surface area contributed by atoms with E-state index in [9.17, 15) is 0 Å². The monoisotopic (exact) mass is 297 g/mol.